The highest BCUT2D eigenvalue weighted by atomic mass is 19.4. The largest absolute Gasteiger partial charge is 0.416 e. The lowest BCUT2D eigenvalue weighted by molar-refractivity contribution is -0.137. The van der Waals surface area contributed by atoms with Crippen LogP contribution in [0.15, 0.2) is 36.7 Å². The van der Waals surface area contributed by atoms with Gasteiger partial charge in [-0.2, -0.15) is 13.2 Å². The highest BCUT2D eigenvalue weighted by Crippen LogP contribution is 2.30. The number of nitrogens with zero attached hydrogens (tertiary/aromatic N) is 5. The van der Waals surface area contributed by atoms with Gasteiger partial charge in [-0.05, 0) is 36.8 Å². The third-order valence-corrected chi connectivity index (χ3v) is 3.87. The number of halogens is 3. The molecule has 154 valence electrons. The summed E-state index contributed by atoms with van der Waals surface area (Å²) in [5, 5.41) is 20.6. The maximum Gasteiger partial charge on any atom is 0.416 e. The average molecular weight is 408 g/mol. The Morgan fingerprint density at radius 2 is 2.00 bits per heavy atom. The van der Waals surface area contributed by atoms with Crippen molar-refractivity contribution in [1.29, 1.82) is 0 Å². The Bertz CT molecular complexity index is 976. The van der Waals surface area contributed by atoms with Gasteiger partial charge < -0.3 is 15.2 Å². The molecule has 2 N–H and O–H groups in total. The molecule has 0 bridgehead atoms. The van der Waals surface area contributed by atoms with E-state index < -0.39 is 17.8 Å². The zero-order valence-corrected chi connectivity index (χ0v) is 15.7. The molecule has 8 nitrogen and oxygen atoms in total. The smallest absolute Gasteiger partial charge is 0.389 e. The maximum atomic E-state index is 12.9. The summed E-state index contributed by atoms with van der Waals surface area (Å²) in [6.07, 6.45) is -2.49. The van der Waals surface area contributed by atoms with Gasteiger partial charge in [-0.1, -0.05) is 5.21 Å². The fraction of sp³-hybridized carbons (Fsp3) is 0.333. The van der Waals surface area contributed by atoms with Crippen LogP contribution in [0.5, 0.6) is 0 Å². The van der Waals surface area contributed by atoms with Gasteiger partial charge >= 0.3 is 6.18 Å². The SMILES string of the molecule is COCC(O)Cn1cc(-c2cc(C)cc(Nc3cc(C(F)(F)F)ccn3)n2)nn1. The van der Waals surface area contributed by atoms with E-state index in [0.717, 1.165) is 23.9 Å². The number of ether oxygens (including phenoxy) is 1. The Balaban J connectivity index is 1.81. The van der Waals surface area contributed by atoms with Crippen LogP contribution in [0.3, 0.4) is 0 Å². The first-order valence-electron chi connectivity index (χ1n) is 8.61. The van der Waals surface area contributed by atoms with Crippen LogP contribution in [-0.4, -0.2) is 49.9 Å². The van der Waals surface area contributed by atoms with Crippen molar-refractivity contribution in [3.05, 3.63) is 47.8 Å². The van der Waals surface area contributed by atoms with Gasteiger partial charge in [-0.3, -0.25) is 0 Å². The number of methoxy groups -OCH3 is 1. The maximum absolute atomic E-state index is 12.9. The fourth-order valence-electron chi connectivity index (χ4n) is 2.64. The van der Waals surface area contributed by atoms with E-state index in [-0.39, 0.29) is 19.0 Å². The van der Waals surface area contributed by atoms with Crippen LogP contribution < -0.4 is 5.32 Å². The molecule has 3 aromatic rings. The highest BCUT2D eigenvalue weighted by Gasteiger charge is 2.30. The van der Waals surface area contributed by atoms with Crippen LogP contribution in [0.25, 0.3) is 11.4 Å². The molecule has 29 heavy (non-hydrogen) atoms. The van der Waals surface area contributed by atoms with E-state index in [1.807, 2.05) is 6.92 Å². The van der Waals surface area contributed by atoms with Crippen LogP contribution in [0.1, 0.15) is 11.1 Å². The van der Waals surface area contributed by atoms with Crippen molar-refractivity contribution >= 4 is 11.6 Å². The molecule has 3 rings (SSSR count). The topological polar surface area (TPSA) is 98.0 Å². The Hall–Kier alpha value is -3.05. The summed E-state index contributed by atoms with van der Waals surface area (Å²) < 4.78 is 45.0. The van der Waals surface area contributed by atoms with E-state index in [9.17, 15) is 18.3 Å². The number of aliphatic hydroxyl groups is 1. The van der Waals surface area contributed by atoms with Gasteiger partial charge in [0.25, 0.3) is 0 Å². The molecule has 0 fully saturated rings. The molecule has 3 heterocycles. The van der Waals surface area contributed by atoms with Crippen LogP contribution >= 0.6 is 0 Å². The Morgan fingerprint density at radius 1 is 1.21 bits per heavy atom. The van der Waals surface area contributed by atoms with E-state index in [4.69, 9.17) is 4.74 Å². The predicted octanol–water partition coefficient (Wildman–Crippen LogP) is 2.81. The molecular weight excluding hydrogens is 389 g/mol. The average Bonchev–Trinajstić information content (AvgIpc) is 3.09. The second-order valence-electron chi connectivity index (χ2n) is 6.40. The molecular formula is C18H19F3N6O2. The summed E-state index contributed by atoms with van der Waals surface area (Å²) >= 11 is 0. The van der Waals surface area contributed by atoms with Gasteiger partial charge in [-0.25, -0.2) is 14.6 Å². The van der Waals surface area contributed by atoms with E-state index in [2.05, 4.69) is 25.6 Å². The van der Waals surface area contributed by atoms with Crippen LogP contribution in [0, 0.1) is 6.92 Å². The molecule has 3 aromatic heterocycles. The van der Waals surface area contributed by atoms with Crippen LogP contribution in [0.4, 0.5) is 24.8 Å². The Kier molecular flexibility index (Phi) is 6.09. The molecule has 11 heteroatoms. The van der Waals surface area contributed by atoms with Crippen molar-refractivity contribution in [1.82, 2.24) is 25.0 Å². The van der Waals surface area contributed by atoms with Crippen molar-refractivity contribution in [2.45, 2.75) is 25.7 Å². The lowest BCUT2D eigenvalue weighted by Crippen LogP contribution is -2.21. The van der Waals surface area contributed by atoms with E-state index >= 15 is 0 Å². The first-order chi connectivity index (χ1) is 13.7. The molecule has 0 radical (unpaired) electrons. The standard InChI is InChI=1S/C18H19F3N6O2/c1-11-5-14(15-9-27(26-25-15)8-13(28)10-29-2)23-17(6-11)24-16-7-12(3-4-22-16)18(19,20)21/h3-7,9,13,28H,8,10H2,1-2H3,(H,22,23,24). The Morgan fingerprint density at radius 3 is 2.72 bits per heavy atom. The lowest BCUT2D eigenvalue weighted by atomic mass is 10.2. The third-order valence-electron chi connectivity index (χ3n) is 3.87. The number of rotatable bonds is 7. The molecule has 0 amide bonds. The van der Waals surface area contributed by atoms with Crippen molar-refractivity contribution in [3.8, 4) is 11.4 Å². The zero-order chi connectivity index (χ0) is 21.0. The van der Waals surface area contributed by atoms with Gasteiger partial charge in [0.05, 0.1) is 36.7 Å². The number of aliphatic hydroxyl groups excluding tert-OH is 1. The number of aromatic nitrogens is 5. The second kappa shape index (κ2) is 8.53. The summed E-state index contributed by atoms with van der Waals surface area (Å²) in [6.45, 7) is 2.19. The minimum Gasteiger partial charge on any atom is -0.389 e. The summed E-state index contributed by atoms with van der Waals surface area (Å²) in [5.41, 5.74) is 0.948. The van der Waals surface area contributed by atoms with Crippen molar-refractivity contribution in [2.24, 2.45) is 0 Å². The number of aryl methyl sites for hydroxylation is 1. The normalized spacial score (nSPS) is 12.8. The summed E-state index contributed by atoms with van der Waals surface area (Å²) in [5.74, 6) is 0.344. The molecule has 0 aliphatic carbocycles. The monoisotopic (exact) mass is 408 g/mol. The fourth-order valence-corrected chi connectivity index (χ4v) is 2.64. The first kappa shape index (κ1) is 20.7. The molecule has 0 aromatic carbocycles. The van der Waals surface area contributed by atoms with Gasteiger partial charge in [-0.15, -0.1) is 5.10 Å². The second-order valence-corrected chi connectivity index (χ2v) is 6.40. The zero-order valence-electron chi connectivity index (χ0n) is 15.7. The summed E-state index contributed by atoms with van der Waals surface area (Å²) in [7, 11) is 1.49. The molecule has 1 unspecified atom stereocenters. The minimum atomic E-state index is -4.46. The predicted molar refractivity (Wildman–Crippen MR) is 98.4 cm³/mol. The number of nitrogens with one attached hydrogen (secondary N) is 1. The first-order valence-corrected chi connectivity index (χ1v) is 8.61. The van der Waals surface area contributed by atoms with Gasteiger partial charge in [0.2, 0.25) is 0 Å². The highest BCUT2D eigenvalue weighted by molar-refractivity contribution is 5.61. The minimum absolute atomic E-state index is 0.0233. The third kappa shape index (κ3) is 5.48. The molecule has 0 aliphatic rings. The van der Waals surface area contributed by atoms with E-state index in [1.54, 1.807) is 18.3 Å². The molecule has 0 spiro atoms. The summed E-state index contributed by atoms with van der Waals surface area (Å²) in [4.78, 5) is 8.30. The molecule has 0 saturated carbocycles. The number of pyridine rings is 2. The number of alkyl halides is 3. The van der Waals surface area contributed by atoms with Gasteiger partial charge in [0.15, 0.2) is 0 Å². The van der Waals surface area contributed by atoms with Crippen molar-refractivity contribution < 1.29 is 23.0 Å². The number of anilines is 2. The number of hydrogen-bond acceptors (Lipinski definition) is 7. The van der Waals surface area contributed by atoms with Gasteiger partial charge in [0, 0.05) is 13.3 Å². The van der Waals surface area contributed by atoms with Crippen LogP contribution in [-0.2, 0) is 17.5 Å². The van der Waals surface area contributed by atoms with Crippen LogP contribution in [0.2, 0.25) is 0 Å². The molecule has 0 saturated heterocycles. The van der Waals surface area contributed by atoms with E-state index in [1.165, 1.54) is 11.8 Å². The lowest BCUT2D eigenvalue weighted by Gasteiger charge is -2.10. The van der Waals surface area contributed by atoms with E-state index in [0.29, 0.717) is 17.2 Å². The number of hydrogen-bond donors (Lipinski definition) is 2. The Labute approximate surface area is 164 Å². The quantitative estimate of drug-likeness (QED) is 0.620. The van der Waals surface area contributed by atoms with Gasteiger partial charge in [0.1, 0.15) is 17.3 Å². The van der Waals surface area contributed by atoms with Crippen molar-refractivity contribution in [3.63, 3.8) is 0 Å². The summed E-state index contributed by atoms with van der Waals surface area (Å²) in [6, 6.07) is 5.26. The molecule has 0 aliphatic heterocycles. The molecule has 1 atom stereocenters. The van der Waals surface area contributed by atoms with Crippen molar-refractivity contribution in [2.75, 3.05) is 19.0 Å².